The molecule has 2 rings (SSSR count). The number of nitrogens with zero attached hydrogens (tertiary/aromatic N) is 1. The van der Waals surface area contributed by atoms with Crippen molar-refractivity contribution in [3.63, 3.8) is 0 Å². The maximum atomic E-state index is 12.4. The van der Waals surface area contributed by atoms with Crippen LogP contribution in [-0.2, 0) is 9.53 Å². The number of amides is 1. The van der Waals surface area contributed by atoms with E-state index in [4.69, 9.17) is 16.3 Å². The van der Waals surface area contributed by atoms with Crippen molar-refractivity contribution >= 4 is 29.2 Å². The number of benzene rings is 2. The summed E-state index contributed by atoms with van der Waals surface area (Å²) in [6, 6.07) is 13.1. The molecule has 0 atom stereocenters. The molecule has 24 heavy (non-hydrogen) atoms. The molecule has 1 N–H and O–H groups in total. The van der Waals surface area contributed by atoms with E-state index in [1.807, 2.05) is 44.2 Å². The Balaban J connectivity index is 2.08. The Kier molecular flexibility index (Phi) is 5.82. The summed E-state index contributed by atoms with van der Waals surface area (Å²) in [5.74, 6) is -1.41. The van der Waals surface area contributed by atoms with Crippen LogP contribution in [0.1, 0.15) is 24.2 Å². The van der Waals surface area contributed by atoms with E-state index in [1.165, 1.54) is 18.2 Å². The average molecular weight is 348 g/mol. The van der Waals surface area contributed by atoms with Gasteiger partial charge in [-0.3, -0.25) is 4.79 Å². The molecule has 0 aliphatic carbocycles. The van der Waals surface area contributed by atoms with Crippen LogP contribution in [0.4, 0.5) is 5.69 Å². The normalized spacial score (nSPS) is 10.5. The molecule has 0 unspecified atom stereocenters. The largest absolute Gasteiger partial charge is 0.507 e. The van der Waals surface area contributed by atoms with Crippen molar-refractivity contribution in [2.24, 2.45) is 0 Å². The number of hydrogen-bond acceptors (Lipinski definition) is 4. The second-order valence-corrected chi connectivity index (χ2v) is 5.87. The standard InChI is InChI=1S/C18H18ClNO4/c1-12(2)20(14-6-4-3-5-7-14)17(22)11-24-18(23)15-10-13(19)8-9-16(15)21/h3-10,12,21H,11H2,1-2H3. The molecular formula is C18H18ClNO4. The molecular weight excluding hydrogens is 330 g/mol. The number of phenols is 1. The fraction of sp³-hybridized carbons (Fsp3) is 0.222. The van der Waals surface area contributed by atoms with Crippen molar-refractivity contribution in [2.75, 3.05) is 11.5 Å². The second-order valence-electron chi connectivity index (χ2n) is 5.43. The number of para-hydroxylation sites is 1. The lowest BCUT2D eigenvalue weighted by Gasteiger charge is -2.26. The molecule has 0 saturated carbocycles. The third-order valence-corrected chi connectivity index (χ3v) is 3.56. The number of halogens is 1. The van der Waals surface area contributed by atoms with Gasteiger partial charge in [-0.15, -0.1) is 0 Å². The number of aromatic hydroxyl groups is 1. The highest BCUT2D eigenvalue weighted by Gasteiger charge is 2.21. The van der Waals surface area contributed by atoms with Gasteiger partial charge in [0, 0.05) is 16.8 Å². The van der Waals surface area contributed by atoms with Crippen molar-refractivity contribution in [2.45, 2.75) is 19.9 Å². The number of anilines is 1. The van der Waals surface area contributed by atoms with Crippen LogP contribution in [0.15, 0.2) is 48.5 Å². The molecule has 0 fully saturated rings. The van der Waals surface area contributed by atoms with Crippen LogP contribution in [0.25, 0.3) is 0 Å². The lowest BCUT2D eigenvalue weighted by Crippen LogP contribution is -2.39. The van der Waals surface area contributed by atoms with Crippen molar-refractivity contribution in [1.29, 1.82) is 0 Å². The molecule has 0 saturated heterocycles. The fourth-order valence-electron chi connectivity index (χ4n) is 2.27. The predicted octanol–water partition coefficient (Wildman–Crippen LogP) is 3.64. The van der Waals surface area contributed by atoms with Gasteiger partial charge in [-0.1, -0.05) is 29.8 Å². The van der Waals surface area contributed by atoms with Crippen molar-refractivity contribution in [3.05, 3.63) is 59.1 Å². The van der Waals surface area contributed by atoms with E-state index in [-0.39, 0.29) is 23.3 Å². The number of esters is 1. The summed E-state index contributed by atoms with van der Waals surface area (Å²) < 4.78 is 5.03. The maximum Gasteiger partial charge on any atom is 0.342 e. The zero-order valence-corrected chi connectivity index (χ0v) is 14.2. The first kappa shape index (κ1) is 17.8. The molecule has 2 aromatic rings. The number of ether oxygens (including phenoxy) is 1. The monoisotopic (exact) mass is 347 g/mol. The van der Waals surface area contributed by atoms with Crippen LogP contribution in [-0.4, -0.2) is 29.6 Å². The zero-order valence-electron chi connectivity index (χ0n) is 13.4. The Bertz CT molecular complexity index is 731. The molecule has 0 heterocycles. The van der Waals surface area contributed by atoms with Gasteiger partial charge in [0.2, 0.25) is 0 Å². The summed E-state index contributed by atoms with van der Waals surface area (Å²) in [6.45, 7) is 3.31. The smallest absolute Gasteiger partial charge is 0.342 e. The summed E-state index contributed by atoms with van der Waals surface area (Å²) in [7, 11) is 0. The molecule has 0 spiro atoms. The minimum Gasteiger partial charge on any atom is -0.507 e. The molecule has 0 aliphatic heterocycles. The SMILES string of the molecule is CC(C)N(C(=O)COC(=O)c1cc(Cl)ccc1O)c1ccccc1. The molecule has 2 aromatic carbocycles. The number of phenolic OH excluding ortho intramolecular Hbond substituents is 1. The summed E-state index contributed by atoms with van der Waals surface area (Å²) in [6.07, 6.45) is 0. The second kappa shape index (κ2) is 7.84. The fourth-order valence-corrected chi connectivity index (χ4v) is 2.44. The molecule has 1 amide bonds. The Morgan fingerprint density at radius 2 is 1.83 bits per heavy atom. The van der Waals surface area contributed by atoms with E-state index >= 15 is 0 Å². The third kappa shape index (κ3) is 4.26. The van der Waals surface area contributed by atoms with Gasteiger partial charge < -0.3 is 14.7 Å². The summed E-state index contributed by atoms with van der Waals surface area (Å²) in [4.78, 5) is 26.0. The van der Waals surface area contributed by atoms with Gasteiger partial charge in [-0.05, 0) is 44.2 Å². The van der Waals surface area contributed by atoms with Crippen LogP contribution < -0.4 is 4.90 Å². The van der Waals surface area contributed by atoms with E-state index in [2.05, 4.69) is 0 Å². The van der Waals surface area contributed by atoms with Crippen molar-refractivity contribution < 1.29 is 19.4 Å². The van der Waals surface area contributed by atoms with E-state index in [9.17, 15) is 14.7 Å². The molecule has 0 aromatic heterocycles. The van der Waals surface area contributed by atoms with E-state index in [1.54, 1.807) is 4.90 Å². The van der Waals surface area contributed by atoms with Gasteiger partial charge in [-0.2, -0.15) is 0 Å². The summed E-state index contributed by atoms with van der Waals surface area (Å²) in [5, 5.41) is 9.98. The average Bonchev–Trinajstić information content (AvgIpc) is 2.55. The lowest BCUT2D eigenvalue weighted by molar-refractivity contribution is -0.122. The minimum absolute atomic E-state index is 0.0777. The quantitative estimate of drug-likeness (QED) is 0.838. The number of carbonyl (C=O) groups is 2. The third-order valence-electron chi connectivity index (χ3n) is 3.32. The number of rotatable bonds is 5. The van der Waals surface area contributed by atoms with Crippen molar-refractivity contribution in [3.8, 4) is 5.75 Å². The first-order valence-electron chi connectivity index (χ1n) is 7.43. The van der Waals surface area contributed by atoms with Gasteiger partial charge in [0.1, 0.15) is 11.3 Å². The topological polar surface area (TPSA) is 66.8 Å². The van der Waals surface area contributed by atoms with Gasteiger partial charge in [0.25, 0.3) is 5.91 Å². The van der Waals surface area contributed by atoms with Gasteiger partial charge in [-0.25, -0.2) is 4.79 Å². The van der Waals surface area contributed by atoms with E-state index in [0.29, 0.717) is 5.02 Å². The molecule has 126 valence electrons. The highest BCUT2D eigenvalue weighted by molar-refractivity contribution is 6.31. The Labute approximate surface area is 145 Å². The Morgan fingerprint density at radius 3 is 2.46 bits per heavy atom. The Morgan fingerprint density at radius 1 is 1.17 bits per heavy atom. The van der Waals surface area contributed by atoms with E-state index in [0.717, 1.165) is 5.69 Å². The first-order chi connectivity index (χ1) is 11.4. The van der Waals surface area contributed by atoms with Gasteiger partial charge in [0.15, 0.2) is 6.61 Å². The molecule has 0 radical (unpaired) electrons. The zero-order chi connectivity index (χ0) is 17.7. The first-order valence-corrected chi connectivity index (χ1v) is 7.80. The predicted molar refractivity (Wildman–Crippen MR) is 92.5 cm³/mol. The van der Waals surface area contributed by atoms with Crippen LogP contribution in [0.2, 0.25) is 5.02 Å². The molecule has 6 heteroatoms. The van der Waals surface area contributed by atoms with Crippen LogP contribution in [0.5, 0.6) is 5.75 Å². The summed E-state index contributed by atoms with van der Waals surface area (Å²) in [5.41, 5.74) is 0.644. The van der Waals surface area contributed by atoms with Gasteiger partial charge in [0.05, 0.1) is 0 Å². The summed E-state index contributed by atoms with van der Waals surface area (Å²) >= 11 is 5.80. The minimum atomic E-state index is -0.805. The maximum absolute atomic E-state index is 12.4. The highest BCUT2D eigenvalue weighted by Crippen LogP contribution is 2.22. The van der Waals surface area contributed by atoms with Gasteiger partial charge >= 0.3 is 5.97 Å². The molecule has 5 nitrogen and oxygen atoms in total. The number of carbonyl (C=O) groups excluding carboxylic acids is 2. The Hall–Kier alpha value is -2.53. The highest BCUT2D eigenvalue weighted by atomic mass is 35.5. The lowest BCUT2D eigenvalue weighted by atomic mass is 10.2. The molecule has 0 aliphatic rings. The number of hydrogen-bond donors (Lipinski definition) is 1. The van der Waals surface area contributed by atoms with E-state index < -0.39 is 12.6 Å². The van der Waals surface area contributed by atoms with Crippen LogP contribution in [0, 0.1) is 0 Å². The molecule has 0 bridgehead atoms. The van der Waals surface area contributed by atoms with Crippen LogP contribution in [0.3, 0.4) is 0 Å². The van der Waals surface area contributed by atoms with Crippen molar-refractivity contribution in [1.82, 2.24) is 0 Å². The van der Waals surface area contributed by atoms with Crippen LogP contribution >= 0.6 is 11.6 Å².